The number of nitrogens with zero attached hydrogens (tertiary/aromatic N) is 6. The third-order valence-corrected chi connectivity index (χ3v) is 5.84. The van der Waals surface area contributed by atoms with Gasteiger partial charge in [0.25, 0.3) is 0 Å². The fourth-order valence-corrected chi connectivity index (χ4v) is 4.26. The monoisotopic (exact) mass is 517 g/mol. The summed E-state index contributed by atoms with van der Waals surface area (Å²) < 4.78 is 8.55. The van der Waals surface area contributed by atoms with E-state index in [9.17, 15) is 0 Å². The molecule has 0 bridgehead atoms. The van der Waals surface area contributed by atoms with Gasteiger partial charge in [-0.25, -0.2) is 15.0 Å². The molecule has 0 atom stereocenters. The Kier molecular flexibility index (Phi) is 6.28. The zero-order valence-electron chi connectivity index (χ0n) is 17.0. The maximum Gasteiger partial charge on any atom is 0.173 e. The number of rotatable bonds is 5. The molecule has 3 heterocycles. The number of ether oxygens (including phenoxy) is 1. The van der Waals surface area contributed by atoms with Crippen LogP contribution in [0.15, 0.2) is 35.3 Å². The highest BCUT2D eigenvalue weighted by atomic mass is 127. The van der Waals surface area contributed by atoms with E-state index in [1.165, 1.54) is 0 Å². The number of nitrogens with two attached hydrogens (primary N) is 1. The second kappa shape index (κ2) is 9.09. The smallest absolute Gasteiger partial charge is 0.173 e. The van der Waals surface area contributed by atoms with Gasteiger partial charge in [-0.3, -0.25) is 4.99 Å². The molecule has 1 saturated heterocycles. The van der Waals surface area contributed by atoms with Gasteiger partial charge in [-0.2, -0.15) is 0 Å². The van der Waals surface area contributed by atoms with Crippen molar-refractivity contribution in [1.82, 2.24) is 19.5 Å². The Bertz CT molecular complexity index is 1120. The van der Waals surface area contributed by atoms with Gasteiger partial charge in [0.2, 0.25) is 0 Å². The molecular formula is C21H24IN7O. The standard InChI is InChI=1S/C21H24IN7O/c1-3-29-20-17(25-21(29)22)19(28-9-11-30-12-10-28)26-18(27-20)15-6-4-5-14(13-15)16(23)7-8-24-2/h4-8,13H,3,9-12,23H2,1-2H3. The molecule has 0 radical (unpaired) electrons. The van der Waals surface area contributed by atoms with Crippen LogP contribution in [0.1, 0.15) is 12.5 Å². The molecular weight excluding hydrogens is 493 g/mol. The van der Waals surface area contributed by atoms with E-state index in [1.807, 2.05) is 24.3 Å². The van der Waals surface area contributed by atoms with Crippen molar-refractivity contribution in [3.8, 4) is 11.4 Å². The summed E-state index contributed by atoms with van der Waals surface area (Å²) in [5, 5.41) is 0. The van der Waals surface area contributed by atoms with Crippen LogP contribution in [0.2, 0.25) is 0 Å². The van der Waals surface area contributed by atoms with Crippen LogP contribution in [-0.4, -0.2) is 59.1 Å². The first kappa shape index (κ1) is 20.7. The summed E-state index contributed by atoms with van der Waals surface area (Å²) >= 11 is 2.26. The van der Waals surface area contributed by atoms with Crippen molar-refractivity contribution in [2.45, 2.75) is 13.5 Å². The Labute approximate surface area is 189 Å². The van der Waals surface area contributed by atoms with E-state index in [-0.39, 0.29) is 0 Å². The minimum Gasteiger partial charge on any atom is -0.398 e. The van der Waals surface area contributed by atoms with Crippen LogP contribution in [0.4, 0.5) is 5.82 Å². The number of aliphatic imine (C=N–C) groups is 1. The summed E-state index contributed by atoms with van der Waals surface area (Å²) in [5.74, 6) is 1.52. The van der Waals surface area contributed by atoms with Crippen molar-refractivity contribution in [2.75, 3.05) is 38.3 Å². The van der Waals surface area contributed by atoms with Gasteiger partial charge in [0, 0.05) is 66.7 Å². The maximum atomic E-state index is 6.21. The first-order valence-corrected chi connectivity index (χ1v) is 11.0. The molecule has 156 valence electrons. The van der Waals surface area contributed by atoms with Gasteiger partial charge in [-0.1, -0.05) is 18.2 Å². The number of allylic oxidation sites excluding steroid dienone is 1. The van der Waals surface area contributed by atoms with Crippen LogP contribution in [0.3, 0.4) is 0 Å². The molecule has 1 aromatic carbocycles. The molecule has 8 nitrogen and oxygen atoms in total. The molecule has 9 heteroatoms. The molecule has 1 fully saturated rings. The predicted molar refractivity (Wildman–Crippen MR) is 129 cm³/mol. The van der Waals surface area contributed by atoms with E-state index in [0.717, 1.165) is 51.6 Å². The van der Waals surface area contributed by atoms with E-state index in [4.69, 9.17) is 25.4 Å². The van der Waals surface area contributed by atoms with Crippen LogP contribution in [0.5, 0.6) is 0 Å². The average Bonchev–Trinajstić information content (AvgIpc) is 3.12. The summed E-state index contributed by atoms with van der Waals surface area (Å²) in [6, 6.07) is 7.96. The number of morpholine rings is 1. The molecule has 1 aliphatic rings. The molecule has 0 aliphatic carbocycles. The molecule has 0 spiro atoms. The lowest BCUT2D eigenvalue weighted by atomic mass is 10.1. The van der Waals surface area contributed by atoms with Crippen molar-refractivity contribution in [3.05, 3.63) is 39.7 Å². The summed E-state index contributed by atoms with van der Waals surface area (Å²) in [6.45, 7) is 5.82. The first-order chi connectivity index (χ1) is 14.6. The molecule has 2 N–H and O–H groups in total. The number of imidazole rings is 1. The lowest BCUT2D eigenvalue weighted by Crippen LogP contribution is -2.37. The highest BCUT2D eigenvalue weighted by Gasteiger charge is 2.22. The van der Waals surface area contributed by atoms with Crippen LogP contribution in [-0.2, 0) is 11.3 Å². The number of halogens is 1. The van der Waals surface area contributed by atoms with Crippen molar-refractivity contribution >= 4 is 51.5 Å². The Morgan fingerprint density at radius 3 is 2.80 bits per heavy atom. The first-order valence-electron chi connectivity index (χ1n) is 9.87. The number of anilines is 1. The van der Waals surface area contributed by atoms with E-state index >= 15 is 0 Å². The summed E-state index contributed by atoms with van der Waals surface area (Å²) in [4.78, 5) is 20.8. The number of aryl methyl sites for hydroxylation is 1. The zero-order valence-corrected chi connectivity index (χ0v) is 19.2. The second-order valence-electron chi connectivity index (χ2n) is 6.88. The largest absolute Gasteiger partial charge is 0.398 e. The van der Waals surface area contributed by atoms with Gasteiger partial charge in [-0.15, -0.1) is 0 Å². The van der Waals surface area contributed by atoms with E-state index in [0.29, 0.717) is 24.7 Å². The average molecular weight is 517 g/mol. The Morgan fingerprint density at radius 1 is 1.27 bits per heavy atom. The fraction of sp³-hybridized carbons (Fsp3) is 0.333. The number of benzene rings is 1. The number of fused-ring (bicyclic) bond motifs is 1. The van der Waals surface area contributed by atoms with Crippen LogP contribution >= 0.6 is 22.6 Å². The zero-order chi connectivity index (χ0) is 21.1. The molecule has 30 heavy (non-hydrogen) atoms. The maximum absolute atomic E-state index is 6.21. The van der Waals surface area contributed by atoms with Crippen LogP contribution < -0.4 is 10.6 Å². The lowest BCUT2D eigenvalue weighted by Gasteiger charge is -2.28. The minimum atomic E-state index is 0.644. The third kappa shape index (κ3) is 4.04. The van der Waals surface area contributed by atoms with E-state index in [1.54, 1.807) is 19.3 Å². The summed E-state index contributed by atoms with van der Waals surface area (Å²) in [6.07, 6.45) is 3.47. The summed E-state index contributed by atoms with van der Waals surface area (Å²) in [7, 11) is 1.72. The molecule has 2 aromatic heterocycles. The van der Waals surface area contributed by atoms with Crippen molar-refractivity contribution in [3.63, 3.8) is 0 Å². The molecule has 0 saturated carbocycles. The minimum absolute atomic E-state index is 0.644. The Balaban J connectivity index is 1.87. The van der Waals surface area contributed by atoms with Gasteiger partial charge in [0.05, 0.1) is 13.2 Å². The number of hydrogen-bond donors (Lipinski definition) is 1. The second-order valence-corrected chi connectivity index (χ2v) is 7.84. The van der Waals surface area contributed by atoms with Crippen molar-refractivity contribution in [1.29, 1.82) is 0 Å². The topological polar surface area (TPSA) is 94.5 Å². The number of aromatic nitrogens is 4. The van der Waals surface area contributed by atoms with Crippen molar-refractivity contribution < 1.29 is 4.74 Å². The van der Waals surface area contributed by atoms with Crippen LogP contribution in [0, 0.1) is 3.83 Å². The Morgan fingerprint density at radius 2 is 2.07 bits per heavy atom. The predicted octanol–water partition coefficient (Wildman–Crippen LogP) is 2.95. The number of hydrogen-bond acceptors (Lipinski definition) is 7. The highest BCUT2D eigenvalue weighted by molar-refractivity contribution is 14.1. The molecule has 0 amide bonds. The fourth-order valence-electron chi connectivity index (χ4n) is 3.45. The normalized spacial score (nSPS) is 15.4. The van der Waals surface area contributed by atoms with Gasteiger partial charge in [0.15, 0.2) is 26.6 Å². The van der Waals surface area contributed by atoms with Gasteiger partial charge < -0.3 is 19.9 Å². The van der Waals surface area contributed by atoms with Crippen molar-refractivity contribution in [2.24, 2.45) is 10.7 Å². The van der Waals surface area contributed by atoms with Gasteiger partial charge >= 0.3 is 0 Å². The summed E-state index contributed by atoms with van der Waals surface area (Å²) in [5.41, 5.74) is 10.3. The quantitative estimate of drug-likeness (QED) is 0.318. The molecule has 3 aromatic rings. The van der Waals surface area contributed by atoms with E-state index in [2.05, 4.69) is 44.0 Å². The van der Waals surface area contributed by atoms with Gasteiger partial charge in [0.1, 0.15) is 0 Å². The molecule has 4 rings (SSSR count). The molecule has 0 unspecified atom stereocenters. The highest BCUT2D eigenvalue weighted by Crippen LogP contribution is 2.29. The molecule has 1 aliphatic heterocycles. The van der Waals surface area contributed by atoms with Gasteiger partial charge in [-0.05, 0) is 24.6 Å². The SMILES string of the molecule is CCn1c(I)nc2c(N3CCOCC3)nc(-c3cccc(C(N)=CC=NC)c3)nc21. The Hall–Kier alpha value is -2.53. The third-order valence-electron chi connectivity index (χ3n) is 5.01. The van der Waals surface area contributed by atoms with E-state index < -0.39 is 0 Å². The van der Waals surface area contributed by atoms with Crippen LogP contribution in [0.25, 0.3) is 28.2 Å². The lowest BCUT2D eigenvalue weighted by molar-refractivity contribution is 0.122.